The summed E-state index contributed by atoms with van der Waals surface area (Å²) >= 11 is 1.51. The molecule has 186 valence electrons. The molecule has 0 atom stereocenters. The highest BCUT2D eigenvalue weighted by Crippen LogP contribution is 2.30. The Bertz CT molecular complexity index is 1160. The quantitative estimate of drug-likeness (QED) is 0.442. The zero-order valence-corrected chi connectivity index (χ0v) is 21.4. The maximum Gasteiger partial charge on any atom is 0.317 e. The topological polar surface area (TPSA) is 105 Å². The van der Waals surface area contributed by atoms with Crippen LogP contribution < -0.4 is 10.6 Å². The maximum absolute atomic E-state index is 13.0. The molecule has 3 aromatic heterocycles. The number of piperidine rings is 1. The van der Waals surface area contributed by atoms with E-state index in [1.807, 2.05) is 30.9 Å². The molecule has 3 amide bonds. The van der Waals surface area contributed by atoms with Crippen molar-refractivity contribution < 1.29 is 9.59 Å². The highest BCUT2D eigenvalue weighted by atomic mass is 32.1. The number of amides is 3. The van der Waals surface area contributed by atoms with Crippen molar-refractivity contribution in [3.63, 3.8) is 0 Å². The summed E-state index contributed by atoms with van der Waals surface area (Å²) in [5.41, 5.74) is 2.80. The van der Waals surface area contributed by atoms with Gasteiger partial charge in [-0.1, -0.05) is 19.8 Å². The molecule has 0 bridgehead atoms. The van der Waals surface area contributed by atoms with E-state index in [-0.39, 0.29) is 17.9 Å². The van der Waals surface area contributed by atoms with Gasteiger partial charge in [0.2, 0.25) is 0 Å². The molecule has 2 N–H and O–H groups in total. The molecule has 0 aliphatic carbocycles. The number of carbonyl (C=O) groups is 2. The number of anilines is 1. The van der Waals surface area contributed by atoms with E-state index in [1.54, 1.807) is 22.3 Å². The number of carbonyl (C=O) groups excluding carboxylic acids is 2. The molecular formula is C25H33N7O2S. The number of pyridine rings is 1. The Balaban J connectivity index is 1.35. The van der Waals surface area contributed by atoms with Gasteiger partial charge in [-0.25, -0.2) is 19.4 Å². The minimum Gasteiger partial charge on any atom is -0.338 e. The van der Waals surface area contributed by atoms with Crippen LogP contribution >= 0.6 is 11.3 Å². The van der Waals surface area contributed by atoms with E-state index < -0.39 is 0 Å². The zero-order chi connectivity index (χ0) is 24.8. The van der Waals surface area contributed by atoms with E-state index >= 15 is 0 Å². The van der Waals surface area contributed by atoms with Crippen molar-refractivity contribution in [2.45, 2.75) is 58.8 Å². The largest absolute Gasteiger partial charge is 0.338 e. The number of urea groups is 1. The van der Waals surface area contributed by atoms with Crippen LogP contribution in [0.25, 0.3) is 5.82 Å². The summed E-state index contributed by atoms with van der Waals surface area (Å²) in [6.07, 6.45) is 6.67. The number of hydrogen-bond donors (Lipinski definition) is 2. The lowest BCUT2D eigenvalue weighted by Gasteiger charge is -2.31. The standard InChI is InChI=1S/C25H33N7O2S/c1-4-5-6-11-27-25(34)31-13-9-19(10-14-31)24-29-21(16-35-24)23(33)28-20-8-7-12-26-22(20)32-18(3)15-17(2)30-32/h7-8,12,15-16,19H,4-6,9-11,13-14H2,1-3H3,(H,27,34)(H,28,33). The third kappa shape index (κ3) is 6.05. The molecule has 1 fully saturated rings. The van der Waals surface area contributed by atoms with E-state index in [0.717, 1.165) is 55.0 Å². The first kappa shape index (κ1) is 24.8. The van der Waals surface area contributed by atoms with E-state index in [9.17, 15) is 9.59 Å². The van der Waals surface area contributed by atoms with Crippen LogP contribution in [0.5, 0.6) is 0 Å². The van der Waals surface area contributed by atoms with Gasteiger partial charge < -0.3 is 15.5 Å². The average molecular weight is 496 g/mol. The molecule has 0 saturated carbocycles. The first-order valence-corrected chi connectivity index (χ1v) is 13.1. The number of unbranched alkanes of at least 4 members (excludes halogenated alkanes) is 2. The van der Waals surface area contributed by atoms with Crippen molar-refractivity contribution in [1.82, 2.24) is 30.0 Å². The van der Waals surface area contributed by atoms with Gasteiger partial charge in [0.1, 0.15) is 5.69 Å². The second kappa shape index (κ2) is 11.4. The van der Waals surface area contributed by atoms with Crippen molar-refractivity contribution in [2.75, 3.05) is 25.0 Å². The van der Waals surface area contributed by atoms with Crippen LogP contribution in [0.15, 0.2) is 29.8 Å². The highest BCUT2D eigenvalue weighted by Gasteiger charge is 2.26. The van der Waals surface area contributed by atoms with Crippen molar-refractivity contribution in [2.24, 2.45) is 0 Å². The number of aromatic nitrogens is 4. The molecular weight excluding hydrogens is 462 g/mol. The third-order valence-corrected chi connectivity index (χ3v) is 7.19. The molecule has 1 aliphatic rings. The van der Waals surface area contributed by atoms with Crippen LogP contribution in [0, 0.1) is 13.8 Å². The lowest BCUT2D eigenvalue weighted by Crippen LogP contribution is -2.44. The third-order valence-electron chi connectivity index (χ3n) is 6.19. The SMILES string of the molecule is CCCCCNC(=O)N1CCC(c2nc(C(=O)Nc3cccnc3-n3nc(C)cc3C)cs2)CC1. The number of nitrogens with one attached hydrogen (secondary N) is 2. The van der Waals surface area contributed by atoms with Crippen molar-refractivity contribution in [3.8, 4) is 5.82 Å². The summed E-state index contributed by atoms with van der Waals surface area (Å²) < 4.78 is 1.73. The Morgan fingerprint density at radius 1 is 1.20 bits per heavy atom. The fourth-order valence-corrected chi connectivity index (χ4v) is 5.26. The van der Waals surface area contributed by atoms with Crippen LogP contribution in [0.1, 0.15) is 71.8 Å². The zero-order valence-electron chi connectivity index (χ0n) is 20.6. The first-order chi connectivity index (χ1) is 17.0. The molecule has 1 saturated heterocycles. The van der Waals surface area contributed by atoms with Gasteiger partial charge in [0.15, 0.2) is 5.82 Å². The molecule has 35 heavy (non-hydrogen) atoms. The van der Waals surface area contributed by atoms with Gasteiger partial charge in [0, 0.05) is 42.8 Å². The summed E-state index contributed by atoms with van der Waals surface area (Å²) in [4.78, 5) is 36.3. The van der Waals surface area contributed by atoms with Crippen LogP contribution in [-0.2, 0) is 0 Å². The summed E-state index contributed by atoms with van der Waals surface area (Å²) in [7, 11) is 0. The minimum atomic E-state index is -0.271. The highest BCUT2D eigenvalue weighted by molar-refractivity contribution is 7.10. The number of rotatable bonds is 8. The normalized spacial score (nSPS) is 14.2. The second-order valence-corrected chi connectivity index (χ2v) is 9.83. The number of thiazole rings is 1. The summed E-state index contributed by atoms with van der Waals surface area (Å²) in [5.74, 6) is 0.559. The molecule has 4 heterocycles. The number of aryl methyl sites for hydroxylation is 2. The molecule has 1 aliphatic heterocycles. The molecule has 10 heteroatoms. The Hall–Kier alpha value is -3.27. The Labute approximate surface area is 210 Å². The fraction of sp³-hybridized carbons (Fsp3) is 0.480. The van der Waals surface area contributed by atoms with Crippen molar-refractivity contribution in [3.05, 3.63) is 51.9 Å². The van der Waals surface area contributed by atoms with Gasteiger partial charge in [0.25, 0.3) is 5.91 Å². The molecule has 0 spiro atoms. The van der Waals surface area contributed by atoms with Gasteiger partial charge in [0.05, 0.1) is 16.4 Å². The van der Waals surface area contributed by atoms with Crippen molar-refractivity contribution >= 4 is 29.0 Å². The van der Waals surface area contributed by atoms with E-state index in [0.29, 0.717) is 30.3 Å². The van der Waals surface area contributed by atoms with Crippen LogP contribution in [0.3, 0.4) is 0 Å². The predicted molar refractivity (Wildman–Crippen MR) is 137 cm³/mol. The van der Waals surface area contributed by atoms with E-state index in [2.05, 4.69) is 32.6 Å². The Kier molecular flexibility index (Phi) is 8.12. The smallest absolute Gasteiger partial charge is 0.317 e. The van der Waals surface area contributed by atoms with Gasteiger partial charge in [-0.05, 0) is 51.3 Å². The predicted octanol–water partition coefficient (Wildman–Crippen LogP) is 4.67. The van der Waals surface area contributed by atoms with Crippen LogP contribution in [0.4, 0.5) is 10.5 Å². The minimum absolute atomic E-state index is 0.0219. The number of likely N-dealkylation sites (tertiary alicyclic amines) is 1. The second-order valence-electron chi connectivity index (χ2n) is 8.94. The van der Waals surface area contributed by atoms with Gasteiger partial charge in [-0.3, -0.25) is 4.79 Å². The Morgan fingerprint density at radius 3 is 2.71 bits per heavy atom. The summed E-state index contributed by atoms with van der Waals surface area (Å²) in [6.45, 7) is 8.16. The van der Waals surface area contributed by atoms with Crippen molar-refractivity contribution in [1.29, 1.82) is 0 Å². The maximum atomic E-state index is 13.0. The van der Waals surface area contributed by atoms with Gasteiger partial charge in [-0.15, -0.1) is 11.3 Å². The lowest BCUT2D eigenvalue weighted by atomic mass is 9.98. The monoisotopic (exact) mass is 495 g/mol. The molecule has 3 aromatic rings. The molecule has 0 radical (unpaired) electrons. The van der Waals surface area contributed by atoms with Gasteiger partial charge >= 0.3 is 6.03 Å². The van der Waals surface area contributed by atoms with E-state index in [1.165, 1.54) is 11.3 Å². The molecule has 9 nitrogen and oxygen atoms in total. The van der Waals surface area contributed by atoms with E-state index in [4.69, 9.17) is 0 Å². The number of hydrogen-bond acceptors (Lipinski definition) is 6. The van der Waals surface area contributed by atoms with Crippen LogP contribution in [0.2, 0.25) is 0 Å². The summed E-state index contributed by atoms with van der Waals surface area (Å²) in [6, 6.07) is 5.58. The molecule has 4 rings (SSSR count). The molecule has 0 aromatic carbocycles. The first-order valence-electron chi connectivity index (χ1n) is 12.2. The average Bonchev–Trinajstić information content (AvgIpc) is 3.48. The molecule has 0 unspecified atom stereocenters. The van der Waals surface area contributed by atoms with Gasteiger partial charge in [-0.2, -0.15) is 5.10 Å². The number of nitrogens with zero attached hydrogens (tertiary/aromatic N) is 5. The summed E-state index contributed by atoms with van der Waals surface area (Å²) in [5, 5.41) is 13.2. The lowest BCUT2D eigenvalue weighted by molar-refractivity contribution is 0.102. The van der Waals surface area contributed by atoms with Crippen LogP contribution in [-0.4, -0.2) is 56.2 Å². The Morgan fingerprint density at radius 2 is 2.00 bits per heavy atom. The fourth-order valence-electron chi connectivity index (χ4n) is 4.28.